The summed E-state index contributed by atoms with van der Waals surface area (Å²) in [6, 6.07) is 0. The summed E-state index contributed by atoms with van der Waals surface area (Å²) < 4.78 is 6.54. The van der Waals surface area contributed by atoms with Crippen LogP contribution in [0.1, 0.15) is 41.9 Å². The van der Waals surface area contributed by atoms with E-state index in [0.29, 0.717) is 24.6 Å². The van der Waals surface area contributed by atoms with E-state index >= 15 is 0 Å². The maximum absolute atomic E-state index is 11.6. The molecule has 6 nitrogen and oxygen atoms in total. The van der Waals surface area contributed by atoms with Crippen molar-refractivity contribution in [2.24, 2.45) is 11.7 Å². The molecule has 0 saturated heterocycles. The number of hydrogen-bond donors (Lipinski definition) is 1. The molecule has 1 heterocycles. The molecule has 1 aliphatic rings. The van der Waals surface area contributed by atoms with Crippen molar-refractivity contribution in [3.8, 4) is 0 Å². The van der Waals surface area contributed by atoms with Crippen molar-refractivity contribution in [3.05, 3.63) is 11.4 Å². The molecule has 100 valence electrons. The van der Waals surface area contributed by atoms with E-state index < -0.39 is 5.97 Å². The highest BCUT2D eigenvalue weighted by Crippen LogP contribution is 2.26. The van der Waals surface area contributed by atoms with Gasteiger partial charge in [-0.2, -0.15) is 0 Å². The SMILES string of the molecule is COC(=O)c1nnn(CC2CCCC2)c1CCN. The first-order valence-electron chi connectivity index (χ1n) is 6.47. The molecule has 2 rings (SSSR count). The second-order valence-electron chi connectivity index (χ2n) is 4.75. The van der Waals surface area contributed by atoms with Gasteiger partial charge in [0.15, 0.2) is 5.69 Å². The zero-order chi connectivity index (χ0) is 13.0. The topological polar surface area (TPSA) is 83.0 Å². The Bertz CT molecular complexity index is 410. The van der Waals surface area contributed by atoms with E-state index in [0.717, 1.165) is 12.2 Å². The summed E-state index contributed by atoms with van der Waals surface area (Å²) >= 11 is 0. The fourth-order valence-corrected chi connectivity index (χ4v) is 2.56. The Morgan fingerprint density at radius 2 is 2.22 bits per heavy atom. The van der Waals surface area contributed by atoms with Crippen molar-refractivity contribution < 1.29 is 9.53 Å². The van der Waals surface area contributed by atoms with Crippen LogP contribution in [0.4, 0.5) is 0 Å². The number of esters is 1. The Labute approximate surface area is 106 Å². The minimum absolute atomic E-state index is 0.306. The third kappa shape index (κ3) is 2.69. The molecule has 1 aliphatic carbocycles. The van der Waals surface area contributed by atoms with Crippen LogP contribution in [0.5, 0.6) is 0 Å². The van der Waals surface area contributed by atoms with Gasteiger partial charge in [-0.3, -0.25) is 0 Å². The molecule has 0 unspecified atom stereocenters. The number of aromatic nitrogens is 3. The number of rotatable bonds is 5. The van der Waals surface area contributed by atoms with Crippen molar-refractivity contribution in [1.82, 2.24) is 15.0 Å². The van der Waals surface area contributed by atoms with Gasteiger partial charge in [0.1, 0.15) is 0 Å². The number of methoxy groups -OCH3 is 1. The van der Waals surface area contributed by atoms with Gasteiger partial charge in [0.05, 0.1) is 12.8 Å². The van der Waals surface area contributed by atoms with Gasteiger partial charge in [0, 0.05) is 13.0 Å². The van der Waals surface area contributed by atoms with Crippen LogP contribution in [-0.2, 0) is 17.7 Å². The van der Waals surface area contributed by atoms with Crippen LogP contribution in [-0.4, -0.2) is 34.6 Å². The molecule has 1 aromatic rings. The predicted molar refractivity (Wildman–Crippen MR) is 66.1 cm³/mol. The highest BCUT2D eigenvalue weighted by Gasteiger charge is 2.22. The van der Waals surface area contributed by atoms with Crippen LogP contribution in [0.2, 0.25) is 0 Å². The van der Waals surface area contributed by atoms with E-state index in [1.165, 1.54) is 32.8 Å². The van der Waals surface area contributed by atoms with E-state index in [4.69, 9.17) is 10.5 Å². The average molecular weight is 252 g/mol. The third-order valence-electron chi connectivity index (χ3n) is 3.50. The van der Waals surface area contributed by atoms with Gasteiger partial charge in [-0.1, -0.05) is 18.1 Å². The summed E-state index contributed by atoms with van der Waals surface area (Å²) in [5.74, 6) is 0.213. The largest absolute Gasteiger partial charge is 0.464 e. The van der Waals surface area contributed by atoms with Gasteiger partial charge in [-0.15, -0.1) is 5.10 Å². The number of carbonyl (C=O) groups excluding carboxylic acids is 1. The Morgan fingerprint density at radius 3 is 2.83 bits per heavy atom. The van der Waals surface area contributed by atoms with Crippen LogP contribution in [0.25, 0.3) is 0 Å². The number of nitrogens with zero attached hydrogens (tertiary/aromatic N) is 3. The highest BCUT2D eigenvalue weighted by atomic mass is 16.5. The molecule has 0 aliphatic heterocycles. The second kappa shape index (κ2) is 5.95. The summed E-state index contributed by atoms with van der Waals surface area (Å²) in [7, 11) is 1.35. The van der Waals surface area contributed by atoms with Crippen molar-refractivity contribution in [2.45, 2.75) is 38.6 Å². The lowest BCUT2D eigenvalue weighted by molar-refractivity contribution is 0.0592. The number of ether oxygens (including phenoxy) is 1. The summed E-state index contributed by atoms with van der Waals surface area (Å²) in [4.78, 5) is 11.6. The molecule has 0 atom stereocenters. The Morgan fingerprint density at radius 1 is 1.50 bits per heavy atom. The van der Waals surface area contributed by atoms with Gasteiger partial charge in [-0.25, -0.2) is 9.48 Å². The number of hydrogen-bond acceptors (Lipinski definition) is 5. The molecule has 1 aromatic heterocycles. The fraction of sp³-hybridized carbons (Fsp3) is 0.750. The average Bonchev–Trinajstić information content (AvgIpc) is 3.01. The Hall–Kier alpha value is -1.43. The van der Waals surface area contributed by atoms with Crippen LogP contribution >= 0.6 is 0 Å². The zero-order valence-electron chi connectivity index (χ0n) is 10.8. The van der Waals surface area contributed by atoms with E-state index in [2.05, 4.69) is 10.3 Å². The molecule has 0 aromatic carbocycles. The quantitative estimate of drug-likeness (QED) is 0.782. The summed E-state index contributed by atoms with van der Waals surface area (Å²) in [5.41, 5.74) is 6.69. The monoisotopic (exact) mass is 252 g/mol. The van der Waals surface area contributed by atoms with Crippen LogP contribution < -0.4 is 5.73 Å². The molecule has 0 amide bonds. The highest BCUT2D eigenvalue weighted by molar-refractivity contribution is 5.88. The normalized spacial score (nSPS) is 16.1. The molecular formula is C12H20N4O2. The number of carbonyl (C=O) groups is 1. The Kier molecular flexibility index (Phi) is 4.30. The van der Waals surface area contributed by atoms with Gasteiger partial charge < -0.3 is 10.5 Å². The van der Waals surface area contributed by atoms with Gasteiger partial charge in [-0.05, 0) is 25.3 Å². The third-order valence-corrected chi connectivity index (χ3v) is 3.50. The summed E-state index contributed by atoms with van der Waals surface area (Å²) in [5, 5.41) is 8.01. The molecule has 1 fully saturated rings. The van der Waals surface area contributed by atoms with E-state index in [1.807, 2.05) is 4.68 Å². The predicted octanol–water partition coefficient (Wildman–Crippen LogP) is 0.756. The minimum Gasteiger partial charge on any atom is -0.464 e. The standard InChI is InChI=1S/C12H20N4O2/c1-18-12(17)11-10(6-7-13)16(15-14-11)8-9-4-2-3-5-9/h9H,2-8,13H2,1H3. The van der Waals surface area contributed by atoms with E-state index in [-0.39, 0.29) is 0 Å². The van der Waals surface area contributed by atoms with E-state index in [9.17, 15) is 4.79 Å². The van der Waals surface area contributed by atoms with Gasteiger partial charge >= 0.3 is 5.97 Å². The van der Waals surface area contributed by atoms with E-state index in [1.54, 1.807) is 0 Å². The minimum atomic E-state index is -0.434. The maximum Gasteiger partial charge on any atom is 0.360 e. The molecule has 6 heteroatoms. The van der Waals surface area contributed by atoms with Gasteiger partial charge in [0.2, 0.25) is 0 Å². The molecule has 0 spiro atoms. The van der Waals surface area contributed by atoms with Crippen molar-refractivity contribution >= 4 is 5.97 Å². The van der Waals surface area contributed by atoms with Crippen LogP contribution in [0, 0.1) is 5.92 Å². The fourth-order valence-electron chi connectivity index (χ4n) is 2.56. The molecule has 2 N–H and O–H groups in total. The molecule has 0 radical (unpaired) electrons. The van der Waals surface area contributed by atoms with Gasteiger partial charge in [0.25, 0.3) is 0 Å². The first-order valence-corrected chi connectivity index (χ1v) is 6.47. The second-order valence-corrected chi connectivity index (χ2v) is 4.75. The summed E-state index contributed by atoms with van der Waals surface area (Å²) in [6.07, 6.45) is 5.64. The molecule has 18 heavy (non-hydrogen) atoms. The van der Waals surface area contributed by atoms with Crippen molar-refractivity contribution in [3.63, 3.8) is 0 Å². The van der Waals surface area contributed by atoms with Crippen molar-refractivity contribution in [2.75, 3.05) is 13.7 Å². The first kappa shape index (κ1) is 13.0. The Balaban J connectivity index is 2.17. The lowest BCUT2D eigenvalue weighted by atomic mass is 10.1. The lowest BCUT2D eigenvalue weighted by Crippen LogP contribution is -2.17. The number of nitrogens with two attached hydrogens (primary N) is 1. The molecular weight excluding hydrogens is 232 g/mol. The molecule has 0 bridgehead atoms. The van der Waals surface area contributed by atoms with Crippen LogP contribution in [0.3, 0.4) is 0 Å². The maximum atomic E-state index is 11.6. The first-order chi connectivity index (χ1) is 8.76. The van der Waals surface area contributed by atoms with Crippen LogP contribution in [0.15, 0.2) is 0 Å². The summed E-state index contributed by atoms with van der Waals surface area (Å²) in [6.45, 7) is 1.31. The lowest BCUT2D eigenvalue weighted by Gasteiger charge is -2.11. The zero-order valence-corrected chi connectivity index (χ0v) is 10.8. The van der Waals surface area contributed by atoms with Crippen molar-refractivity contribution in [1.29, 1.82) is 0 Å². The smallest absolute Gasteiger partial charge is 0.360 e. The molecule has 1 saturated carbocycles.